The van der Waals surface area contributed by atoms with Gasteiger partial charge < -0.3 is 38.0 Å². The zero-order valence-corrected chi connectivity index (χ0v) is 16.8. The lowest BCUT2D eigenvalue weighted by molar-refractivity contribution is 0.122. The van der Waals surface area contributed by atoms with Gasteiger partial charge in [0.1, 0.15) is 0 Å². The third-order valence-electron chi connectivity index (χ3n) is 3.24. The van der Waals surface area contributed by atoms with Crippen molar-refractivity contribution in [3.05, 3.63) is 0 Å². The van der Waals surface area contributed by atoms with Crippen molar-refractivity contribution < 1.29 is 26.6 Å². The fraction of sp³-hybridized carbons (Fsp3) is 1.00. The summed E-state index contributed by atoms with van der Waals surface area (Å²) in [4.78, 5) is 0. The normalized spacial score (nSPS) is 11.5. The van der Waals surface area contributed by atoms with E-state index in [1.165, 1.54) is 0 Å². The molecule has 0 aliphatic carbocycles. The van der Waals surface area contributed by atoms with E-state index in [4.69, 9.17) is 38.0 Å². The summed E-state index contributed by atoms with van der Waals surface area (Å²) in [5, 5.41) is 0. The number of hydrogen-bond acceptors (Lipinski definition) is 8. The first-order valence-electron chi connectivity index (χ1n) is 7.20. The Kier molecular flexibility index (Phi) is 21.0. The maximum Gasteiger partial charge on any atom is 0.500 e. The largest absolute Gasteiger partial charge is 0.500 e. The highest BCUT2D eigenvalue weighted by atomic mass is 28.4. The zero-order chi connectivity index (χ0) is 17.5. The third kappa shape index (κ3) is 11.5. The summed E-state index contributed by atoms with van der Waals surface area (Å²) in [7, 11) is 5.00. The Hall–Kier alpha value is 0.331. The van der Waals surface area contributed by atoms with Crippen molar-refractivity contribution in [1.82, 2.24) is 0 Å². The van der Waals surface area contributed by atoms with Gasteiger partial charge in [-0.1, -0.05) is 0 Å². The molecule has 0 saturated carbocycles. The molecule has 0 aliphatic rings. The van der Waals surface area contributed by atoms with Gasteiger partial charge in [-0.15, -0.1) is 0 Å². The van der Waals surface area contributed by atoms with Crippen molar-refractivity contribution in [2.75, 3.05) is 55.7 Å². The predicted molar refractivity (Wildman–Crippen MR) is 102 cm³/mol. The SMILES string of the molecule is CO[Si](CCCN)(OC)OC.CO[Si](CCCN)(OC)OC.[SiH4]. The summed E-state index contributed by atoms with van der Waals surface area (Å²) in [5.74, 6) is 0. The molecular formula is C12H38N2O6Si3. The average molecular weight is 391 g/mol. The second-order valence-corrected chi connectivity index (χ2v) is 10.6. The van der Waals surface area contributed by atoms with Gasteiger partial charge in [0.2, 0.25) is 0 Å². The third-order valence-corrected chi connectivity index (χ3v) is 8.90. The van der Waals surface area contributed by atoms with E-state index >= 15 is 0 Å². The van der Waals surface area contributed by atoms with E-state index in [1.54, 1.807) is 42.7 Å². The van der Waals surface area contributed by atoms with E-state index in [0.29, 0.717) is 13.1 Å². The number of nitrogens with two attached hydrogens (primary N) is 2. The van der Waals surface area contributed by atoms with Gasteiger partial charge in [-0.25, -0.2) is 0 Å². The topological polar surface area (TPSA) is 107 Å². The molecule has 0 fully saturated rings. The van der Waals surface area contributed by atoms with Crippen LogP contribution in [0, 0.1) is 0 Å². The molecule has 0 saturated heterocycles. The second-order valence-electron chi connectivity index (χ2n) is 4.38. The first-order chi connectivity index (χ1) is 10.5. The van der Waals surface area contributed by atoms with E-state index in [1.807, 2.05) is 0 Å². The van der Waals surface area contributed by atoms with Gasteiger partial charge in [-0.05, 0) is 36.9 Å². The Morgan fingerprint density at radius 2 is 0.783 bits per heavy atom. The van der Waals surface area contributed by atoms with Gasteiger partial charge in [0.15, 0.2) is 0 Å². The molecule has 0 aliphatic heterocycles. The molecule has 0 atom stereocenters. The van der Waals surface area contributed by atoms with Crippen LogP contribution in [-0.4, -0.2) is 84.3 Å². The summed E-state index contributed by atoms with van der Waals surface area (Å²) in [6, 6.07) is 1.57. The Morgan fingerprint density at radius 3 is 0.913 bits per heavy atom. The molecule has 0 heterocycles. The van der Waals surface area contributed by atoms with Crippen molar-refractivity contribution in [1.29, 1.82) is 0 Å². The van der Waals surface area contributed by atoms with Gasteiger partial charge in [-0.2, -0.15) is 0 Å². The van der Waals surface area contributed by atoms with Crippen LogP contribution >= 0.6 is 0 Å². The Bertz CT molecular complexity index is 206. The molecule has 0 aromatic heterocycles. The number of hydrogen-bond donors (Lipinski definition) is 2. The zero-order valence-electron chi connectivity index (χ0n) is 14.8. The van der Waals surface area contributed by atoms with Gasteiger partial charge in [0.05, 0.1) is 0 Å². The molecule has 4 N–H and O–H groups in total. The maximum absolute atomic E-state index is 5.36. The summed E-state index contributed by atoms with van der Waals surface area (Å²) in [5.41, 5.74) is 10.7. The fourth-order valence-electron chi connectivity index (χ4n) is 1.75. The molecule has 0 bridgehead atoms. The lowest BCUT2D eigenvalue weighted by Gasteiger charge is -2.23. The molecule has 0 radical (unpaired) electrons. The molecule has 23 heavy (non-hydrogen) atoms. The monoisotopic (exact) mass is 390 g/mol. The number of rotatable bonds is 12. The van der Waals surface area contributed by atoms with Crippen molar-refractivity contribution >= 4 is 28.6 Å². The predicted octanol–water partition coefficient (Wildman–Crippen LogP) is -1.02. The van der Waals surface area contributed by atoms with E-state index in [2.05, 4.69) is 0 Å². The van der Waals surface area contributed by atoms with Crippen molar-refractivity contribution in [2.45, 2.75) is 24.9 Å². The van der Waals surface area contributed by atoms with Gasteiger partial charge in [0, 0.05) is 54.7 Å². The summed E-state index contributed by atoms with van der Waals surface area (Å²) in [6.07, 6.45) is 1.75. The Labute approximate surface area is 147 Å². The Morgan fingerprint density at radius 1 is 0.565 bits per heavy atom. The molecule has 0 unspecified atom stereocenters. The first-order valence-corrected chi connectivity index (χ1v) is 11.1. The van der Waals surface area contributed by atoms with Crippen LogP contribution in [0.4, 0.5) is 0 Å². The van der Waals surface area contributed by atoms with E-state index < -0.39 is 17.6 Å². The van der Waals surface area contributed by atoms with E-state index in [-0.39, 0.29) is 11.0 Å². The molecule has 0 aromatic rings. The molecule has 8 nitrogen and oxygen atoms in total. The maximum atomic E-state index is 5.36. The van der Waals surface area contributed by atoms with E-state index in [9.17, 15) is 0 Å². The molecule has 0 amide bonds. The van der Waals surface area contributed by atoms with Crippen LogP contribution in [0.25, 0.3) is 0 Å². The van der Waals surface area contributed by atoms with Gasteiger partial charge in [-0.3, -0.25) is 0 Å². The summed E-state index contributed by atoms with van der Waals surface area (Å²) >= 11 is 0. The van der Waals surface area contributed by atoms with Crippen molar-refractivity contribution in [3.63, 3.8) is 0 Å². The lowest BCUT2D eigenvalue weighted by atomic mass is 10.5. The highest BCUT2D eigenvalue weighted by Gasteiger charge is 2.37. The van der Waals surface area contributed by atoms with Crippen LogP contribution in [-0.2, 0) is 26.6 Å². The minimum atomic E-state index is -2.32. The fourth-order valence-corrected chi connectivity index (χ4v) is 5.25. The minimum Gasteiger partial charge on any atom is -0.377 e. The average Bonchev–Trinajstić information content (AvgIpc) is 2.59. The van der Waals surface area contributed by atoms with Crippen LogP contribution in [0.3, 0.4) is 0 Å². The van der Waals surface area contributed by atoms with Gasteiger partial charge >= 0.3 is 17.6 Å². The van der Waals surface area contributed by atoms with Crippen molar-refractivity contribution in [3.8, 4) is 0 Å². The molecule has 0 aromatic carbocycles. The van der Waals surface area contributed by atoms with Crippen LogP contribution in [0.15, 0.2) is 0 Å². The van der Waals surface area contributed by atoms with Crippen LogP contribution < -0.4 is 11.5 Å². The summed E-state index contributed by atoms with van der Waals surface area (Å²) in [6.45, 7) is 1.29. The summed E-state index contributed by atoms with van der Waals surface area (Å²) < 4.78 is 31.1. The molecule has 144 valence electrons. The Balaban J connectivity index is -0.000000333. The van der Waals surface area contributed by atoms with Gasteiger partial charge in [0.25, 0.3) is 0 Å². The van der Waals surface area contributed by atoms with Crippen LogP contribution in [0.1, 0.15) is 12.8 Å². The van der Waals surface area contributed by atoms with E-state index in [0.717, 1.165) is 24.9 Å². The molecule has 0 spiro atoms. The molecular weight excluding hydrogens is 352 g/mol. The quantitative estimate of drug-likeness (QED) is 0.408. The van der Waals surface area contributed by atoms with Crippen molar-refractivity contribution in [2.24, 2.45) is 11.5 Å². The second kappa shape index (κ2) is 17.2. The molecule has 0 rings (SSSR count). The van der Waals surface area contributed by atoms with Crippen LogP contribution in [0.2, 0.25) is 12.1 Å². The first kappa shape index (κ1) is 28.1. The minimum absolute atomic E-state index is 0. The highest BCUT2D eigenvalue weighted by molar-refractivity contribution is 6.60. The standard InChI is InChI=1S/2C6H17NO3Si.H4Si/c2*1-8-11(9-2,10-3)6-4-5-7;/h2*4-7H2,1-3H3;1H4. The highest BCUT2D eigenvalue weighted by Crippen LogP contribution is 2.14. The molecule has 11 heteroatoms. The lowest BCUT2D eigenvalue weighted by Crippen LogP contribution is -2.42. The smallest absolute Gasteiger partial charge is 0.377 e. The van der Waals surface area contributed by atoms with Crippen LogP contribution in [0.5, 0.6) is 0 Å².